The van der Waals surface area contributed by atoms with Gasteiger partial charge in [0.2, 0.25) is 0 Å². The molecule has 0 saturated carbocycles. The van der Waals surface area contributed by atoms with Gasteiger partial charge in [-0.15, -0.1) is 0 Å². The molecule has 3 aromatic carbocycles. The molecule has 0 atom stereocenters. The topological polar surface area (TPSA) is 12.9 Å². The second-order valence-electron chi connectivity index (χ2n) is 11.1. The summed E-state index contributed by atoms with van der Waals surface area (Å²) in [5, 5.41) is 5.37. The third-order valence-electron chi connectivity index (χ3n) is 6.48. The average molecular weight is 498 g/mol. The Labute approximate surface area is 197 Å². The van der Waals surface area contributed by atoms with Gasteiger partial charge in [0, 0.05) is 0 Å². The fourth-order valence-corrected chi connectivity index (χ4v) is 8.51. The first kappa shape index (κ1) is 21.7. The van der Waals surface area contributed by atoms with Crippen LogP contribution < -0.4 is 4.40 Å². The zero-order valence-electron chi connectivity index (χ0n) is 20.1. The van der Waals surface area contributed by atoms with E-state index in [0.29, 0.717) is 0 Å². The van der Waals surface area contributed by atoms with Crippen molar-refractivity contribution in [3.63, 3.8) is 0 Å². The second kappa shape index (κ2) is 7.43. The third kappa shape index (κ3) is 3.58. The minimum atomic E-state index is -1.92. The molecule has 32 heavy (non-hydrogen) atoms. The molecule has 0 unspecified atom stereocenters. The van der Waals surface area contributed by atoms with E-state index in [1.54, 1.807) is 4.40 Å². The number of hydrogen-bond acceptors (Lipinski definition) is 2. The number of rotatable bonds is 2. The number of aromatic nitrogens is 1. The summed E-state index contributed by atoms with van der Waals surface area (Å²) >= 11 is -0.0154. The van der Waals surface area contributed by atoms with Gasteiger partial charge in [-0.1, -0.05) is 0 Å². The standard InChI is InChI=1S/C29H31GeNS/c1-18-14-21(30(5,6)7)17-24-23-12-13-31-26(28(23)32-27(18)24)20-15-19-10-8-9-11-22(19)25(16-20)29(2,3)4/h8-17H,1-7H3. The van der Waals surface area contributed by atoms with Crippen molar-refractivity contribution in [2.75, 3.05) is 0 Å². The second-order valence-corrected chi connectivity index (χ2v) is 22.7. The Balaban J connectivity index is 1.83. The molecular weight excluding hydrogens is 467 g/mol. The molecule has 0 fully saturated rings. The number of hydrogen-bond donors (Lipinski definition) is 0. The Bertz CT molecular complexity index is 1500. The van der Waals surface area contributed by atoms with Crippen LogP contribution in [0.2, 0.25) is 17.3 Å². The van der Waals surface area contributed by atoms with Gasteiger partial charge < -0.3 is 0 Å². The van der Waals surface area contributed by atoms with Crippen LogP contribution in [0, 0.1) is 6.92 Å². The van der Waals surface area contributed by atoms with Crippen LogP contribution in [0.3, 0.4) is 0 Å². The average Bonchev–Trinajstić information content (AvgIpc) is 3.11. The fourth-order valence-electron chi connectivity index (χ4n) is 4.68. The van der Waals surface area contributed by atoms with Gasteiger partial charge in [-0.2, -0.15) is 0 Å². The molecule has 0 spiro atoms. The summed E-state index contributed by atoms with van der Waals surface area (Å²) < 4.78 is 4.29. The van der Waals surface area contributed by atoms with Crippen LogP contribution in [0.1, 0.15) is 31.9 Å². The first-order valence-electron chi connectivity index (χ1n) is 11.4. The summed E-state index contributed by atoms with van der Waals surface area (Å²) in [6.45, 7) is 9.17. The van der Waals surface area contributed by atoms with E-state index in [1.165, 1.54) is 47.6 Å². The maximum atomic E-state index is 4.93. The van der Waals surface area contributed by atoms with Gasteiger partial charge in [0.1, 0.15) is 0 Å². The van der Waals surface area contributed by atoms with E-state index in [0.717, 1.165) is 5.69 Å². The molecule has 0 bridgehead atoms. The Morgan fingerprint density at radius 3 is 2.28 bits per heavy atom. The van der Waals surface area contributed by atoms with Gasteiger partial charge in [0.25, 0.3) is 0 Å². The van der Waals surface area contributed by atoms with E-state index in [-0.39, 0.29) is 5.41 Å². The number of benzene rings is 3. The molecule has 0 saturated heterocycles. The summed E-state index contributed by atoms with van der Waals surface area (Å²) in [4.78, 5) is 4.93. The van der Waals surface area contributed by atoms with Crippen LogP contribution >= 0.6 is 11.3 Å². The van der Waals surface area contributed by atoms with Gasteiger partial charge in [-0.05, 0) is 0 Å². The monoisotopic (exact) mass is 499 g/mol. The zero-order chi connectivity index (χ0) is 22.8. The van der Waals surface area contributed by atoms with Gasteiger partial charge >= 0.3 is 198 Å². The van der Waals surface area contributed by atoms with Crippen LogP contribution in [0.4, 0.5) is 0 Å². The summed E-state index contributed by atoms with van der Waals surface area (Å²) in [5.74, 6) is 7.43. The van der Waals surface area contributed by atoms with E-state index >= 15 is 0 Å². The molecule has 0 amide bonds. The number of nitrogens with zero attached hydrogens (tertiary/aromatic N) is 1. The number of pyridine rings is 1. The first-order chi connectivity index (χ1) is 15.0. The van der Waals surface area contributed by atoms with E-state index in [4.69, 9.17) is 4.98 Å². The Morgan fingerprint density at radius 1 is 0.812 bits per heavy atom. The molecule has 0 aliphatic carbocycles. The summed E-state index contributed by atoms with van der Waals surface area (Å²) in [6.07, 6.45) is 2.00. The van der Waals surface area contributed by atoms with E-state index in [2.05, 4.69) is 99.6 Å². The first-order valence-corrected chi connectivity index (χ1v) is 19.6. The molecule has 0 aliphatic rings. The molecule has 2 aromatic heterocycles. The van der Waals surface area contributed by atoms with Crippen molar-refractivity contribution in [1.29, 1.82) is 0 Å². The van der Waals surface area contributed by atoms with Gasteiger partial charge in [-0.25, -0.2) is 0 Å². The van der Waals surface area contributed by atoms with Crippen LogP contribution in [0.5, 0.6) is 0 Å². The molecule has 1 nitrogen and oxygen atoms in total. The predicted molar refractivity (Wildman–Crippen MR) is 146 cm³/mol. The van der Waals surface area contributed by atoms with Crippen molar-refractivity contribution in [1.82, 2.24) is 4.98 Å². The van der Waals surface area contributed by atoms with E-state index < -0.39 is 13.3 Å². The molecule has 5 rings (SSSR count). The number of fused-ring (bicyclic) bond motifs is 4. The molecular formula is C29H31GeNS. The molecule has 162 valence electrons. The Kier molecular flexibility index (Phi) is 5.03. The van der Waals surface area contributed by atoms with Crippen LogP contribution in [-0.2, 0) is 5.41 Å². The molecule has 0 N–H and O–H groups in total. The van der Waals surface area contributed by atoms with Crippen molar-refractivity contribution < 1.29 is 0 Å². The van der Waals surface area contributed by atoms with E-state index in [1.807, 2.05) is 17.5 Å². The SMILES string of the molecule is Cc1c[c]([Ge]([CH3])([CH3])[CH3])cc2c1sc1c(-c3cc(C(C)(C)C)c4ccccc4c3)nccc12. The van der Waals surface area contributed by atoms with Crippen molar-refractivity contribution in [2.24, 2.45) is 0 Å². The summed E-state index contributed by atoms with van der Waals surface area (Å²) in [7, 11) is 0. The molecule has 0 aliphatic heterocycles. The number of thiophene rings is 1. The minimum absolute atomic E-state index is 0.0636. The van der Waals surface area contributed by atoms with Crippen LogP contribution in [0.15, 0.2) is 60.8 Å². The zero-order valence-corrected chi connectivity index (χ0v) is 23.0. The van der Waals surface area contributed by atoms with Crippen LogP contribution in [-0.4, -0.2) is 18.3 Å². The molecule has 3 heteroatoms. The summed E-state index contributed by atoms with van der Waals surface area (Å²) in [5.41, 5.74) is 5.17. The molecule has 5 aromatic rings. The molecule has 0 radical (unpaired) electrons. The van der Waals surface area contributed by atoms with Gasteiger partial charge in [-0.3, -0.25) is 0 Å². The number of aryl methyl sites for hydroxylation is 1. The maximum absolute atomic E-state index is 4.93. The fraction of sp³-hybridized carbons (Fsp3) is 0.276. The Hall–Kier alpha value is -2.17. The van der Waals surface area contributed by atoms with Crippen molar-refractivity contribution in [2.45, 2.75) is 50.4 Å². The molecule has 2 heterocycles. The van der Waals surface area contributed by atoms with Gasteiger partial charge in [0.15, 0.2) is 0 Å². The van der Waals surface area contributed by atoms with Crippen molar-refractivity contribution >= 4 is 59.9 Å². The van der Waals surface area contributed by atoms with E-state index in [9.17, 15) is 0 Å². The predicted octanol–water partition coefficient (Wildman–Crippen LogP) is 8.42. The van der Waals surface area contributed by atoms with Crippen molar-refractivity contribution in [3.05, 3.63) is 71.9 Å². The third-order valence-corrected chi connectivity index (χ3v) is 12.1. The van der Waals surface area contributed by atoms with Crippen LogP contribution in [0.25, 0.3) is 42.2 Å². The quantitative estimate of drug-likeness (QED) is 0.223. The summed E-state index contributed by atoms with van der Waals surface area (Å²) in [6, 6.07) is 20.6. The normalized spacial score (nSPS) is 12.8. The van der Waals surface area contributed by atoms with Crippen molar-refractivity contribution in [3.8, 4) is 11.3 Å². The van der Waals surface area contributed by atoms with Gasteiger partial charge in [0.05, 0.1) is 0 Å². The Morgan fingerprint density at radius 2 is 1.56 bits per heavy atom.